The summed E-state index contributed by atoms with van der Waals surface area (Å²) in [4.78, 5) is 39.5. The number of hydrogen-bond donors (Lipinski definition) is 3. The first kappa shape index (κ1) is 30.3. The van der Waals surface area contributed by atoms with Crippen LogP contribution >= 0.6 is 11.3 Å². The molecule has 0 atom stereocenters. The van der Waals surface area contributed by atoms with Crippen LogP contribution in [0.5, 0.6) is 16.7 Å². The highest BCUT2D eigenvalue weighted by molar-refractivity contribution is 7.11. The van der Waals surface area contributed by atoms with Gasteiger partial charge in [0.15, 0.2) is 0 Å². The van der Waals surface area contributed by atoms with Crippen molar-refractivity contribution in [2.24, 2.45) is 0 Å². The molecule has 220 valence electrons. The van der Waals surface area contributed by atoms with Crippen LogP contribution in [0.3, 0.4) is 0 Å². The van der Waals surface area contributed by atoms with Gasteiger partial charge in [-0.15, -0.1) is 0 Å². The monoisotopic (exact) mass is 593 g/mol. The standard InChI is InChI=1S/C29H32FN7O4S/c1-29(2,3)36-27(39)23-15-42-28(35-23)41-17-9-10-20(19(30)12-17)34-26-18-13-22(33-25(38)8-7-11-37(4)5)24(40-6)14-21(18)31-16-32-26/h7-10,12-16H,11H2,1-6H3,(H,33,38)(H,36,39)(H,31,32,34)/b8-7+. The predicted octanol–water partition coefficient (Wildman–Crippen LogP) is 5.35. The fraction of sp³-hybridized carbons (Fsp3) is 0.276. The summed E-state index contributed by atoms with van der Waals surface area (Å²) >= 11 is 1.13. The van der Waals surface area contributed by atoms with E-state index in [9.17, 15) is 9.59 Å². The number of nitrogens with one attached hydrogen (secondary N) is 3. The molecule has 0 aliphatic heterocycles. The second kappa shape index (κ2) is 12.9. The van der Waals surface area contributed by atoms with Gasteiger partial charge < -0.3 is 30.3 Å². The Bertz CT molecular complexity index is 1630. The molecule has 2 aromatic carbocycles. The number of halogens is 1. The van der Waals surface area contributed by atoms with Crippen LogP contribution in [0.1, 0.15) is 31.3 Å². The van der Waals surface area contributed by atoms with Crippen LogP contribution in [0.15, 0.2) is 54.2 Å². The third kappa shape index (κ3) is 7.98. The molecule has 0 aliphatic carbocycles. The maximum Gasteiger partial charge on any atom is 0.279 e. The number of ether oxygens (including phenoxy) is 2. The van der Waals surface area contributed by atoms with Crippen molar-refractivity contribution in [1.82, 2.24) is 25.2 Å². The van der Waals surface area contributed by atoms with Gasteiger partial charge in [-0.05, 0) is 53.1 Å². The average molecular weight is 594 g/mol. The summed E-state index contributed by atoms with van der Waals surface area (Å²) < 4.78 is 26.3. The maximum absolute atomic E-state index is 15.1. The van der Waals surface area contributed by atoms with Crippen molar-refractivity contribution in [1.29, 1.82) is 0 Å². The van der Waals surface area contributed by atoms with Crippen LogP contribution in [0.2, 0.25) is 0 Å². The minimum absolute atomic E-state index is 0.139. The maximum atomic E-state index is 15.1. The number of aromatic nitrogens is 3. The lowest BCUT2D eigenvalue weighted by atomic mass is 10.1. The highest BCUT2D eigenvalue weighted by Gasteiger charge is 2.19. The van der Waals surface area contributed by atoms with E-state index in [0.29, 0.717) is 34.7 Å². The number of amides is 2. The van der Waals surface area contributed by atoms with Gasteiger partial charge in [0, 0.05) is 41.1 Å². The molecule has 42 heavy (non-hydrogen) atoms. The topological polar surface area (TPSA) is 131 Å². The summed E-state index contributed by atoms with van der Waals surface area (Å²) in [6.07, 6.45) is 4.53. The number of methoxy groups -OCH3 is 1. The van der Waals surface area contributed by atoms with Gasteiger partial charge in [-0.1, -0.05) is 17.4 Å². The zero-order chi connectivity index (χ0) is 30.4. The summed E-state index contributed by atoms with van der Waals surface area (Å²) in [6.45, 7) is 6.23. The van der Waals surface area contributed by atoms with E-state index in [1.807, 2.05) is 39.8 Å². The third-order valence-electron chi connectivity index (χ3n) is 5.56. The van der Waals surface area contributed by atoms with E-state index < -0.39 is 11.4 Å². The number of rotatable bonds is 10. The lowest BCUT2D eigenvalue weighted by Gasteiger charge is -2.19. The number of likely N-dealkylation sites (N-methyl/N-ethyl adjacent to an activating group) is 1. The highest BCUT2D eigenvalue weighted by atomic mass is 32.1. The van der Waals surface area contributed by atoms with Crippen molar-refractivity contribution < 1.29 is 23.5 Å². The van der Waals surface area contributed by atoms with Gasteiger partial charge in [-0.25, -0.2) is 14.4 Å². The van der Waals surface area contributed by atoms with Crippen molar-refractivity contribution in [2.45, 2.75) is 26.3 Å². The van der Waals surface area contributed by atoms with Gasteiger partial charge >= 0.3 is 0 Å². The molecule has 4 aromatic rings. The molecule has 0 unspecified atom stereocenters. The van der Waals surface area contributed by atoms with Crippen LogP contribution in [-0.2, 0) is 4.79 Å². The van der Waals surface area contributed by atoms with Crippen LogP contribution < -0.4 is 25.4 Å². The Morgan fingerprint density at radius 1 is 1.12 bits per heavy atom. The van der Waals surface area contributed by atoms with Gasteiger partial charge in [-0.2, -0.15) is 4.98 Å². The van der Waals surface area contributed by atoms with Gasteiger partial charge in [0.05, 0.1) is 24.0 Å². The Morgan fingerprint density at radius 2 is 1.90 bits per heavy atom. The smallest absolute Gasteiger partial charge is 0.279 e. The van der Waals surface area contributed by atoms with Crippen molar-refractivity contribution >= 4 is 51.2 Å². The first-order valence-corrected chi connectivity index (χ1v) is 13.8. The molecular weight excluding hydrogens is 561 g/mol. The van der Waals surface area contributed by atoms with Crippen LogP contribution in [0.4, 0.5) is 21.6 Å². The molecule has 13 heteroatoms. The number of anilines is 3. The van der Waals surface area contributed by atoms with Crippen molar-refractivity contribution in [3.05, 3.63) is 65.7 Å². The zero-order valence-electron chi connectivity index (χ0n) is 24.1. The Balaban J connectivity index is 1.52. The number of carbonyl (C=O) groups is 2. The molecule has 0 fully saturated rings. The van der Waals surface area contributed by atoms with E-state index in [4.69, 9.17) is 9.47 Å². The molecule has 0 bridgehead atoms. The minimum atomic E-state index is -0.602. The lowest BCUT2D eigenvalue weighted by Crippen LogP contribution is -2.40. The molecule has 0 saturated heterocycles. The minimum Gasteiger partial charge on any atom is -0.494 e. The quantitative estimate of drug-likeness (QED) is 0.208. The van der Waals surface area contributed by atoms with Crippen LogP contribution in [0, 0.1) is 5.82 Å². The zero-order valence-corrected chi connectivity index (χ0v) is 24.9. The number of thiazole rings is 1. The predicted molar refractivity (Wildman–Crippen MR) is 162 cm³/mol. The largest absolute Gasteiger partial charge is 0.494 e. The molecule has 0 aliphatic rings. The Morgan fingerprint density at radius 3 is 2.60 bits per heavy atom. The molecule has 0 saturated carbocycles. The Hall–Kier alpha value is -4.62. The average Bonchev–Trinajstić information content (AvgIpc) is 3.37. The van der Waals surface area contributed by atoms with Gasteiger partial charge in [0.25, 0.3) is 11.1 Å². The van der Waals surface area contributed by atoms with Crippen LogP contribution in [0.25, 0.3) is 10.9 Å². The second-order valence-corrected chi connectivity index (χ2v) is 11.3. The first-order valence-electron chi connectivity index (χ1n) is 12.9. The number of carbonyl (C=O) groups excluding carboxylic acids is 2. The molecule has 0 radical (unpaired) electrons. The number of hydrogen-bond acceptors (Lipinski definition) is 10. The fourth-order valence-corrected chi connectivity index (χ4v) is 4.36. The SMILES string of the molecule is COc1cc2ncnc(Nc3ccc(Oc4nc(C(=O)NC(C)(C)C)cs4)cc3F)c2cc1NC(=O)/C=C/CN(C)C. The fourth-order valence-electron chi connectivity index (χ4n) is 3.70. The number of benzene rings is 2. The van der Waals surface area contributed by atoms with E-state index >= 15 is 4.39 Å². The molecule has 4 rings (SSSR count). The van der Waals surface area contributed by atoms with E-state index in [1.165, 1.54) is 31.6 Å². The third-order valence-corrected chi connectivity index (χ3v) is 6.27. The number of fused-ring (bicyclic) bond motifs is 1. The highest BCUT2D eigenvalue weighted by Crippen LogP contribution is 2.34. The summed E-state index contributed by atoms with van der Waals surface area (Å²) in [5.41, 5.74) is 0.884. The molecule has 3 N–H and O–H groups in total. The molecule has 2 amide bonds. The van der Waals surface area contributed by atoms with Crippen molar-refractivity contribution in [3.8, 4) is 16.7 Å². The van der Waals surface area contributed by atoms with Crippen molar-refractivity contribution in [3.63, 3.8) is 0 Å². The molecular formula is C29H32FN7O4S. The summed E-state index contributed by atoms with van der Waals surface area (Å²) in [6, 6.07) is 7.61. The van der Waals surface area contributed by atoms with Gasteiger partial charge in [0.1, 0.15) is 35.2 Å². The van der Waals surface area contributed by atoms with Crippen molar-refractivity contribution in [2.75, 3.05) is 38.4 Å². The summed E-state index contributed by atoms with van der Waals surface area (Å²) in [7, 11) is 5.30. The first-order chi connectivity index (χ1) is 19.9. The number of nitrogens with zero attached hydrogens (tertiary/aromatic N) is 4. The van der Waals surface area contributed by atoms with E-state index in [2.05, 4.69) is 30.9 Å². The van der Waals surface area contributed by atoms with Crippen LogP contribution in [-0.4, -0.2) is 65.0 Å². The normalized spacial score (nSPS) is 11.6. The summed E-state index contributed by atoms with van der Waals surface area (Å²) in [5.74, 6) is -0.310. The van der Waals surface area contributed by atoms with E-state index in [1.54, 1.807) is 29.7 Å². The summed E-state index contributed by atoms with van der Waals surface area (Å²) in [5, 5.41) is 11.0. The second-order valence-electron chi connectivity index (χ2n) is 10.5. The molecule has 11 nitrogen and oxygen atoms in total. The Labute approximate surface area is 246 Å². The van der Waals surface area contributed by atoms with E-state index in [0.717, 1.165) is 11.3 Å². The van der Waals surface area contributed by atoms with E-state index in [-0.39, 0.29) is 34.1 Å². The molecule has 0 spiro atoms. The molecule has 2 aromatic heterocycles. The van der Waals surface area contributed by atoms with Gasteiger partial charge in [-0.3, -0.25) is 9.59 Å². The van der Waals surface area contributed by atoms with Gasteiger partial charge in [0.2, 0.25) is 5.91 Å². The lowest BCUT2D eigenvalue weighted by molar-refractivity contribution is -0.111. The molecule has 2 heterocycles. The Kier molecular flexibility index (Phi) is 9.33.